The number of halogens is 2. The molecule has 282 valence electrons. The number of hydrogen-bond acceptors (Lipinski definition) is 0. The molecular formula is C52H52Cl2SiZr. The Morgan fingerprint density at radius 1 is 0.429 bits per heavy atom. The first-order valence-corrected chi connectivity index (χ1v) is 34.0. The molecule has 4 heteroatoms. The molecule has 6 aromatic carbocycles. The molecule has 0 nitrogen and oxygen atoms in total. The molecule has 4 aliphatic carbocycles. The molecule has 10 rings (SSSR count). The Hall–Kier alpha value is -3.52. The SMILES string of the molecule is Cl.Cl.[CH3][Zr]([CH3])(=[SiH2])([CH]1C(CC2CC2)=Cc2c(-c3ccccc3)ccc(-c3ccccc3)c21)[CH]1C(CC2CC2)=Cc2c(-c3ccccc3)ccc(-c3ccccc3)c21. The van der Waals surface area contributed by atoms with E-state index in [1.54, 1.807) is 22.3 Å². The van der Waals surface area contributed by atoms with Crippen LogP contribution in [0.2, 0.25) is 9.26 Å². The van der Waals surface area contributed by atoms with Crippen molar-refractivity contribution < 1.29 is 17.4 Å². The summed E-state index contributed by atoms with van der Waals surface area (Å²) in [5, 5.41) is 0. The molecule has 0 N–H and O–H groups in total. The Balaban J connectivity index is 0.00000220. The summed E-state index contributed by atoms with van der Waals surface area (Å²) in [7, 11) is 0. The molecule has 2 atom stereocenters. The summed E-state index contributed by atoms with van der Waals surface area (Å²) in [5.74, 6) is 1.65. The Kier molecular flexibility index (Phi) is 10.8. The van der Waals surface area contributed by atoms with E-state index in [1.807, 2.05) is 0 Å². The average Bonchev–Trinajstić information content (AvgIpc) is 4.12. The zero-order valence-corrected chi connectivity index (χ0v) is 38.1. The van der Waals surface area contributed by atoms with Crippen LogP contribution in [0.4, 0.5) is 0 Å². The number of allylic oxidation sites excluding steroid dienone is 2. The van der Waals surface area contributed by atoms with Gasteiger partial charge in [0.1, 0.15) is 0 Å². The van der Waals surface area contributed by atoms with Crippen LogP contribution in [0.1, 0.15) is 68.0 Å². The van der Waals surface area contributed by atoms with Crippen LogP contribution in [0.5, 0.6) is 0 Å². The molecular weight excluding hydrogens is 815 g/mol. The van der Waals surface area contributed by atoms with Gasteiger partial charge in [0.2, 0.25) is 0 Å². The van der Waals surface area contributed by atoms with Crippen molar-refractivity contribution in [1.82, 2.24) is 0 Å². The van der Waals surface area contributed by atoms with Gasteiger partial charge in [0.15, 0.2) is 0 Å². The van der Waals surface area contributed by atoms with Crippen LogP contribution in [-0.2, 0) is 17.4 Å². The fraction of sp³-hybridized carbons (Fsp3) is 0.231. The van der Waals surface area contributed by atoms with Gasteiger partial charge in [-0.25, -0.2) is 0 Å². The van der Waals surface area contributed by atoms with E-state index in [0.717, 1.165) is 11.8 Å². The minimum atomic E-state index is -4.07. The zero-order chi connectivity index (χ0) is 36.5. The van der Waals surface area contributed by atoms with Gasteiger partial charge >= 0.3 is 327 Å². The molecule has 0 aliphatic heterocycles. The molecule has 0 heterocycles. The summed E-state index contributed by atoms with van der Waals surface area (Å²) >= 11 is -4.07. The molecule has 56 heavy (non-hydrogen) atoms. The fourth-order valence-corrected chi connectivity index (χ4v) is 30.1. The summed E-state index contributed by atoms with van der Waals surface area (Å²) in [6.07, 6.45) is 13.4. The van der Waals surface area contributed by atoms with Crippen LogP contribution in [0, 0.1) is 11.8 Å². The van der Waals surface area contributed by atoms with Crippen molar-refractivity contribution in [3.8, 4) is 44.5 Å². The summed E-state index contributed by atoms with van der Waals surface area (Å²) in [6, 6.07) is 54.9. The second kappa shape index (κ2) is 15.3. The van der Waals surface area contributed by atoms with Gasteiger partial charge in [0.25, 0.3) is 0 Å². The van der Waals surface area contributed by atoms with E-state index in [-0.39, 0.29) is 24.8 Å². The average molecular weight is 867 g/mol. The van der Waals surface area contributed by atoms with Crippen molar-refractivity contribution in [3.05, 3.63) is 179 Å². The van der Waals surface area contributed by atoms with Crippen molar-refractivity contribution in [2.75, 3.05) is 0 Å². The van der Waals surface area contributed by atoms with E-state index in [2.05, 4.69) is 174 Å². The van der Waals surface area contributed by atoms with Crippen LogP contribution >= 0.6 is 24.8 Å². The normalized spacial score (nSPS) is 18.6. The molecule has 0 spiro atoms. The van der Waals surface area contributed by atoms with Gasteiger partial charge in [0.05, 0.1) is 0 Å². The molecule has 6 aromatic rings. The van der Waals surface area contributed by atoms with Gasteiger partial charge in [-0.15, -0.1) is 24.8 Å². The quantitative estimate of drug-likeness (QED) is 0.120. The minimum absolute atomic E-state index is 0. The molecule has 0 amide bonds. The van der Waals surface area contributed by atoms with E-state index >= 15 is 0 Å². The number of hydrogen-bond donors (Lipinski definition) is 0. The van der Waals surface area contributed by atoms with Crippen LogP contribution in [-0.4, -0.2) is 6.88 Å². The fourth-order valence-electron chi connectivity index (χ4n) is 10.6. The zero-order valence-electron chi connectivity index (χ0n) is 32.6. The van der Waals surface area contributed by atoms with Gasteiger partial charge in [0, 0.05) is 0 Å². The monoisotopic (exact) mass is 864 g/mol. The topological polar surface area (TPSA) is 0 Å². The van der Waals surface area contributed by atoms with Crippen molar-refractivity contribution in [2.24, 2.45) is 11.8 Å². The summed E-state index contributed by atoms with van der Waals surface area (Å²) in [4.78, 5) is 0. The summed E-state index contributed by atoms with van der Waals surface area (Å²) in [5.41, 5.74) is 20.8. The van der Waals surface area contributed by atoms with Crippen LogP contribution < -0.4 is 0 Å². The molecule has 2 saturated carbocycles. The van der Waals surface area contributed by atoms with Crippen LogP contribution in [0.3, 0.4) is 0 Å². The standard InChI is InChI=1S/2C25H21.2CH3.2ClH.H2Si.Zr/c2*1-3-7-20(8-4-1)22-13-14-23(21-9-5-2-6-10-21)25-17-19(16-24(22)25)15-18-11-12-18;;;;;;/h2*1-10,13-14,16-18H,11-12,15H2;2*1H3;2*1H;1H2;. The van der Waals surface area contributed by atoms with Gasteiger partial charge in [-0.3, -0.25) is 0 Å². The molecule has 0 radical (unpaired) electrons. The van der Waals surface area contributed by atoms with E-state index in [4.69, 9.17) is 0 Å². The Labute approximate surface area is 348 Å². The number of benzene rings is 6. The third kappa shape index (κ3) is 7.04. The molecule has 0 saturated heterocycles. The second-order valence-corrected chi connectivity index (χ2v) is 48.4. The van der Waals surface area contributed by atoms with E-state index in [1.165, 1.54) is 94.2 Å². The predicted octanol–water partition coefficient (Wildman–Crippen LogP) is 14.7. The Morgan fingerprint density at radius 2 is 0.714 bits per heavy atom. The van der Waals surface area contributed by atoms with Crippen molar-refractivity contribution in [2.45, 2.75) is 55.0 Å². The number of rotatable bonds is 10. The van der Waals surface area contributed by atoms with E-state index in [0.29, 0.717) is 7.25 Å². The molecule has 2 unspecified atom stereocenters. The van der Waals surface area contributed by atoms with Crippen LogP contribution in [0.15, 0.2) is 157 Å². The van der Waals surface area contributed by atoms with Gasteiger partial charge in [-0.1, -0.05) is 0 Å². The van der Waals surface area contributed by atoms with Crippen molar-refractivity contribution in [1.29, 1.82) is 0 Å². The van der Waals surface area contributed by atoms with Crippen LogP contribution in [0.25, 0.3) is 56.7 Å². The van der Waals surface area contributed by atoms with Gasteiger partial charge in [-0.2, -0.15) is 0 Å². The third-order valence-corrected chi connectivity index (χ3v) is 30.6. The summed E-state index contributed by atoms with van der Waals surface area (Å²) in [6.45, 7) is 2.54. The molecule has 0 aromatic heterocycles. The predicted molar refractivity (Wildman–Crippen MR) is 246 cm³/mol. The molecule has 4 aliphatic rings. The van der Waals surface area contributed by atoms with E-state index < -0.39 is 17.4 Å². The molecule has 2 fully saturated rings. The second-order valence-electron chi connectivity index (χ2n) is 18.0. The first-order chi connectivity index (χ1) is 26.3. The van der Waals surface area contributed by atoms with Crippen molar-refractivity contribution >= 4 is 43.8 Å². The van der Waals surface area contributed by atoms with Gasteiger partial charge in [-0.05, 0) is 0 Å². The van der Waals surface area contributed by atoms with Gasteiger partial charge < -0.3 is 0 Å². The first kappa shape index (κ1) is 39.3. The Bertz CT molecular complexity index is 2350. The maximum absolute atomic E-state index is 4.07. The van der Waals surface area contributed by atoms with Crippen molar-refractivity contribution in [3.63, 3.8) is 0 Å². The maximum atomic E-state index is 2.88. The Morgan fingerprint density at radius 3 is 1.02 bits per heavy atom. The summed E-state index contributed by atoms with van der Waals surface area (Å²) < 4.78 is 6.69. The van der Waals surface area contributed by atoms with E-state index in [9.17, 15) is 0 Å². The first-order valence-electron chi connectivity index (χ1n) is 20.4. The molecule has 0 bridgehead atoms. The third-order valence-electron chi connectivity index (χ3n) is 13.2. The number of fused-ring (bicyclic) bond motifs is 2.